The highest BCUT2D eigenvalue weighted by Crippen LogP contribution is 2.27. The Morgan fingerprint density at radius 2 is 1.90 bits per heavy atom. The standard InChI is InChI=1S/C24H24N4O3/c1-4-28-15-20(16(2)26-28)21-14-22(31-27-21)24(29)25-23(17-9-6-5-7-10-17)18-11-8-12-19(13-18)30-3/h5-15,23H,4H2,1-3H3,(H,25,29). The molecule has 0 fully saturated rings. The number of carbonyl (C=O) groups is 1. The molecular formula is C24H24N4O3. The molecule has 0 radical (unpaired) electrons. The van der Waals surface area contributed by atoms with Gasteiger partial charge in [-0.1, -0.05) is 47.6 Å². The molecule has 2 aromatic heterocycles. The van der Waals surface area contributed by atoms with Gasteiger partial charge in [0.2, 0.25) is 5.76 Å². The molecule has 31 heavy (non-hydrogen) atoms. The van der Waals surface area contributed by atoms with E-state index in [2.05, 4.69) is 15.6 Å². The van der Waals surface area contributed by atoms with Crippen LogP contribution >= 0.6 is 0 Å². The smallest absolute Gasteiger partial charge is 0.290 e. The van der Waals surface area contributed by atoms with Crippen LogP contribution in [0.5, 0.6) is 5.75 Å². The van der Waals surface area contributed by atoms with E-state index in [9.17, 15) is 4.79 Å². The summed E-state index contributed by atoms with van der Waals surface area (Å²) in [6.45, 7) is 4.68. The first-order chi connectivity index (χ1) is 15.1. The van der Waals surface area contributed by atoms with Crippen LogP contribution in [0.3, 0.4) is 0 Å². The minimum Gasteiger partial charge on any atom is -0.497 e. The van der Waals surface area contributed by atoms with Crippen molar-refractivity contribution in [2.45, 2.75) is 26.4 Å². The number of methoxy groups -OCH3 is 1. The lowest BCUT2D eigenvalue weighted by molar-refractivity contribution is 0.0906. The average Bonchev–Trinajstić information content (AvgIpc) is 3.44. The number of nitrogens with one attached hydrogen (secondary N) is 1. The summed E-state index contributed by atoms with van der Waals surface area (Å²) < 4.78 is 12.6. The van der Waals surface area contributed by atoms with Crippen LogP contribution in [-0.2, 0) is 6.54 Å². The normalized spacial score (nSPS) is 11.8. The van der Waals surface area contributed by atoms with Crippen LogP contribution < -0.4 is 10.1 Å². The summed E-state index contributed by atoms with van der Waals surface area (Å²) in [7, 11) is 1.62. The van der Waals surface area contributed by atoms with E-state index in [1.54, 1.807) is 13.2 Å². The first-order valence-corrected chi connectivity index (χ1v) is 10.1. The van der Waals surface area contributed by atoms with Crippen molar-refractivity contribution in [3.8, 4) is 17.0 Å². The number of nitrogens with zero attached hydrogens (tertiary/aromatic N) is 3. The van der Waals surface area contributed by atoms with Gasteiger partial charge in [0.15, 0.2) is 0 Å². The molecule has 2 heterocycles. The second-order valence-corrected chi connectivity index (χ2v) is 7.15. The van der Waals surface area contributed by atoms with Crippen molar-refractivity contribution >= 4 is 5.91 Å². The maximum Gasteiger partial charge on any atom is 0.290 e. The summed E-state index contributed by atoms with van der Waals surface area (Å²) in [5.74, 6) is 0.511. The summed E-state index contributed by atoms with van der Waals surface area (Å²) in [6.07, 6.45) is 1.90. The van der Waals surface area contributed by atoms with Crippen LogP contribution in [0.4, 0.5) is 0 Å². The number of ether oxygens (including phenoxy) is 1. The van der Waals surface area contributed by atoms with Gasteiger partial charge in [0.1, 0.15) is 11.4 Å². The Hall–Kier alpha value is -3.87. The minimum atomic E-state index is -0.373. The van der Waals surface area contributed by atoms with Gasteiger partial charge in [0, 0.05) is 24.4 Å². The lowest BCUT2D eigenvalue weighted by Gasteiger charge is -2.19. The number of amides is 1. The fraction of sp³-hybridized carbons (Fsp3) is 0.208. The number of carbonyl (C=O) groups excluding carboxylic acids is 1. The molecule has 0 spiro atoms. The Bertz CT molecular complexity index is 1180. The van der Waals surface area contributed by atoms with Gasteiger partial charge in [0.25, 0.3) is 5.91 Å². The number of benzene rings is 2. The second kappa shape index (κ2) is 8.87. The Morgan fingerprint density at radius 3 is 2.61 bits per heavy atom. The fourth-order valence-electron chi connectivity index (χ4n) is 3.47. The SMILES string of the molecule is CCn1cc(-c2cc(C(=O)NC(c3ccccc3)c3cccc(OC)c3)on2)c(C)n1. The van der Waals surface area contributed by atoms with Crippen molar-refractivity contribution in [1.29, 1.82) is 0 Å². The Morgan fingerprint density at radius 1 is 1.13 bits per heavy atom. The van der Waals surface area contributed by atoms with E-state index in [0.717, 1.165) is 34.7 Å². The predicted octanol–water partition coefficient (Wildman–Crippen LogP) is 4.39. The van der Waals surface area contributed by atoms with Crippen molar-refractivity contribution in [2.75, 3.05) is 7.11 Å². The largest absolute Gasteiger partial charge is 0.497 e. The molecule has 0 aliphatic carbocycles. The average molecular weight is 416 g/mol. The zero-order valence-electron chi connectivity index (χ0n) is 17.7. The van der Waals surface area contributed by atoms with Crippen molar-refractivity contribution in [3.05, 3.63) is 89.4 Å². The summed E-state index contributed by atoms with van der Waals surface area (Å²) in [6, 6.07) is 18.7. The van der Waals surface area contributed by atoms with E-state index in [-0.39, 0.29) is 17.7 Å². The molecular weight excluding hydrogens is 392 g/mol. The zero-order valence-corrected chi connectivity index (χ0v) is 17.7. The maximum absolute atomic E-state index is 13.1. The monoisotopic (exact) mass is 416 g/mol. The number of aromatic nitrogens is 3. The minimum absolute atomic E-state index is 0.141. The van der Waals surface area contributed by atoms with Gasteiger partial charge in [-0.05, 0) is 37.1 Å². The summed E-state index contributed by atoms with van der Waals surface area (Å²) in [5.41, 5.74) is 4.11. The first-order valence-electron chi connectivity index (χ1n) is 10.1. The fourth-order valence-corrected chi connectivity index (χ4v) is 3.47. The van der Waals surface area contributed by atoms with E-state index >= 15 is 0 Å². The predicted molar refractivity (Wildman–Crippen MR) is 117 cm³/mol. The quantitative estimate of drug-likeness (QED) is 0.483. The van der Waals surface area contributed by atoms with Crippen LogP contribution in [0, 0.1) is 6.92 Å². The molecule has 0 aliphatic heterocycles. The molecule has 1 N–H and O–H groups in total. The molecule has 0 saturated heterocycles. The van der Waals surface area contributed by atoms with E-state index in [1.807, 2.05) is 79.3 Å². The van der Waals surface area contributed by atoms with Gasteiger partial charge >= 0.3 is 0 Å². The summed E-state index contributed by atoms with van der Waals surface area (Å²) in [5, 5.41) is 11.6. The lowest BCUT2D eigenvalue weighted by atomic mass is 9.98. The Balaban J connectivity index is 1.62. The van der Waals surface area contributed by atoms with Crippen molar-refractivity contribution < 1.29 is 14.1 Å². The van der Waals surface area contributed by atoms with Crippen molar-refractivity contribution in [2.24, 2.45) is 0 Å². The number of hydrogen-bond acceptors (Lipinski definition) is 5. The number of hydrogen-bond donors (Lipinski definition) is 1. The van der Waals surface area contributed by atoms with Gasteiger partial charge in [-0.3, -0.25) is 9.48 Å². The molecule has 4 aromatic rings. The first kappa shape index (κ1) is 20.4. The highest BCUT2D eigenvalue weighted by Gasteiger charge is 2.22. The molecule has 1 atom stereocenters. The van der Waals surface area contributed by atoms with Gasteiger partial charge < -0.3 is 14.6 Å². The zero-order chi connectivity index (χ0) is 21.8. The number of rotatable bonds is 7. The molecule has 0 bridgehead atoms. The molecule has 4 rings (SSSR count). The van der Waals surface area contributed by atoms with E-state index < -0.39 is 0 Å². The van der Waals surface area contributed by atoms with Gasteiger partial charge in [0.05, 0.1) is 18.8 Å². The van der Waals surface area contributed by atoms with Crippen LogP contribution in [0.25, 0.3) is 11.3 Å². The highest BCUT2D eigenvalue weighted by atomic mass is 16.5. The third-order valence-corrected chi connectivity index (χ3v) is 5.12. The van der Waals surface area contributed by atoms with Gasteiger partial charge in [-0.15, -0.1) is 0 Å². The van der Waals surface area contributed by atoms with Crippen LogP contribution in [-0.4, -0.2) is 28.0 Å². The Labute approximate surface area is 180 Å². The van der Waals surface area contributed by atoms with Crippen LogP contribution in [0.15, 0.2) is 71.4 Å². The second-order valence-electron chi connectivity index (χ2n) is 7.15. The molecule has 7 heteroatoms. The molecule has 7 nitrogen and oxygen atoms in total. The molecule has 0 saturated carbocycles. The van der Waals surface area contributed by atoms with Crippen molar-refractivity contribution in [1.82, 2.24) is 20.3 Å². The molecule has 2 aromatic carbocycles. The lowest BCUT2D eigenvalue weighted by Crippen LogP contribution is -2.29. The Kier molecular flexibility index (Phi) is 5.84. The molecule has 1 unspecified atom stereocenters. The number of aryl methyl sites for hydroxylation is 2. The van der Waals surface area contributed by atoms with E-state index in [0.29, 0.717) is 5.69 Å². The topological polar surface area (TPSA) is 82.2 Å². The third kappa shape index (κ3) is 4.35. The van der Waals surface area contributed by atoms with Crippen LogP contribution in [0.1, 0.15) is 40.3 Å². The van der Waals surface area contributed by atoms with E-state index in [4.69, 9.17) is 9.26 Å². The van der Waals surface area contributed by atoms with E-state index in [1.165, 1.54) is 0 Å². The molecule has 0 aliphatic rings. The molecule has 1 amide bonds. The molecule has 158 valence electrons. The summed E-state index contributed by atoms with van der Waals surface area (Å²) >= 11 is 0. The van der Waals surface area contributed by atoms with Gasteiger partial charge in [-0.25, -0.2) is 0 Å². The third-order valence-electron chi connectivity index (χ3n) is 5.12. The van der Waals surface area contributed by atoms with Gasteiger partial charge in [-0.2, -0.15) is 5.10 Å². The highest BCUT2D eigenvalue weighted by molar-refractivity contribution is 5.93. The maximum atomic E-state index is 13.1. The van der Waals surface area contributed by atoms with Crippen molar-refractivity contribution in [3.63, 3.8) is 0 Å². The van der Waals surface area contributed by atoms with Crippen LogP contribution in [0.2, 0.25) is 0 Å². The summed E-state index contributed by atoms with van der Waals surface area (Å²) in [4.78, 5) is 13.1.